The van der Waals surface area contributed by atoms with Gasteiger partial charge < -0.3 is 4.42 Å². The van der Waals surface area contributed by atoms with Crippen molar-refractivity contribution < 1.29 is 13.6 Å². The van der Waals surface area contributed by atoms with E-state index in [1.165, 1.54) is 23.5 Å². The van der Waals surface area contributed by atoms with Crippen molar-refractivity contribution in [1.82, 2.24) is 25.3 Å². The average molecular weight is 449 g/mol. The highest BCUT2D eigenvalue weighted by Gasteiger charge is 2.26. The Hall–Kier alpha value is -2.37. The zero-order valence-electron chi connectivity index (χ0n) is 16.4. The fraction of sp³-hybridized carbons (Fsp3) is 0.421. The van der Waals surface area contributed by atoms with Gasteiger partial charge in [0.05, 0.1) is 6.54 Å². The van der Waals surface area contributed by atoms with Crippen LogP contribution in [0.4, 0.5) is 9.52 Å². The number of anilines is 1. The van der Waals surface area contributed by atoms with Crippen LogP contribution in [0.25, 0.3) is 11.5 Å². The number of nitrogens with zero attached hydrogens (tertiary/aromatic N) is 5. The highest BCUT2D eigenvalue weighted by molar-refractivity contribution is 8.01. The second kappa shape index (κ2) is 9.63. The van der Waals surface area contributed by atoms with Gasteiger partial charge in [0.15, 0.2) is 4.34 Å². The second-order valence-corrected chi connectivity index (χ2v) is 9.35. The van der Waals surface area contributed by atoms with Gasteiger partial charge in [-0.25, -0.2) is 4.39 Å². The number of nitrogens with one attached hydrogen (secondary N) is 1. The Balaban J connectivity index is 1.26. The molecule has 3 heterocycles. The number of amides is 1. The van der Waals surface area contributed by atoms with Gasteiger partial charge in [-0.2, -0.15) is 0 Å². The molecule has 30 heavy (non-hydrogen) atoms. The normalized spacial score (nSPS) is 15.4. The fourth-order valence-corrected chi connectivity index (χ4v) is 4.92. The lowest BCUT2D eigenvalue weighted by Crippen LogP contribution is -2.38. The zero-order chi connectivity index (χ0) is 20.9. The number of aromatic nitrogens is 4. The van der Waals surface area contributed by atoms with Gasteiger partial charge >= 0.3 is 0 Å². The number of rotatable bonds is 7. The first-order valence-electron chi connectivity index (χ1n) is 9.68. The van der Waals surface area contributed by atoms with Crippen LogP contribution < -0.4 is 5.32 Å². The van der Waals surface area contributed by atoms with Crippen molar-refractivity contribution in [3.05, 3.63) is 36.0 Å². The third-order valence-corrected chi connectivity index (χ3v) is 6.61. The molecule has 1 aliphatic heterocycles. The Morgan fingerprint density at radius 1 is 1.23 bits per heavy atom. The topological polar surface area (TPSA) is 97.0 Å². The maximum Gasteiger partial charge on any atom is 0.247 e. The maximum absolute atomic E-state index is 13.1. The van der Waals surface area contributed by atoms with Gasteiger partial charge in [-0.3, -0.25) is 15.0 Å². The predicted molar refractivity (Wildman–Crippen MR) is 113 cm³/mol. The molecule has 1 fully saturated rings. The summed E-state index contributed by atoms with van der Waals surface area (Å²) in [6.45, 7) is 3.89. The Morgan fingerprint density at radius 2 is 2.00 bits per heavy atom. The summed E-state index contributed by atoms with van der Waals surface area (Å²) in [6.07, 6.45) is 1.66. The van der Waals surface area contributed by atoms with Crippen LogP contribution in [0.15, 0.2) is 33.0 Å². The standard InChI is InChI=1S/C19H21FN6O2S2/c1-2-29-19-25-24-18(30-19)21-15(27)11-26-9-7-13(8-10-26)17-23-22-16(28-17)12-3-5-14(20)6-4-12/h3-6,13H,2,7-11H2,1H3,(H,21,24,27). The molecule has 0 aliphatic carbocycles. The van der Waals surface area contributed by atoms with Crippen LogP contribution in [0, 0.1) is 5.82 Å². The number of likely N-dealkylation sites (tertiary alicyclic amines) is 1. The van der Waals surface area contributed by atoms with E-state index >= 15 is 0 Å². The van der Waals surface area contributed by atoms with Gasteiger partial charge in [-0.05, 0) is 55.9 Å². The van der Waals surface area contributed by atoms with Crippen LogP contribution in [0.3, 0.4) is 0 Å². The number of benzene rings is 1. The van der Waals surface area contributed by atoms with Crippen LogP contribution in [-0.4, -0.2) is 56.6 Å². The first kappa shape index (κ1) is 20.9. The molecule has 1 amide bonds. The van der Waals surface area contributed by atoms with Gasteiger partial charge in [0.1, 0.15) is 5.82 Å². The summed E-state index contributed by atoms with van der Waals surface area (Å²) < 4.78 is 19.7. The molecule has 0 radical (unpaired) electrons. The quantitative estimate of drug-likeness (QED) is 0.432. The lowest BCUT2D eigenvalue weighted by molar-refractivity contribution is -0.117. The van der Waals surface area contributed by atoms with Crippen molar-refractivity contribution >= 4 is 34.1 Å². The molecule has 158 valence electrons. The molecule has 8 nitrogen and oxygen atoms in total. The van der Waals surface area contributed by atoms with Gasteiger partial charge in [-0.1, -0.05) is 30.0 Å². The van der Waals surface area contributed by atoms with Crippen molar-refractivity contribution in [2.45, 2.75) is 30.0 Å². The van der Waals surface area contributed by atoms with Crippen molar-refractivity contribution in [2.75, 3.05) is 30.7 Å². The van der Waals surface area contributed by atoms with E-state index in [2.05, 4.69) is 30.6 Å². The largest absolute Gasteiger partial charge is 0.420 e. The van der Waals surface area contributed by atoms with Gasteiger partial charge in [0.25, 0.3) is 0 Å². The predicted octanol–water partition coefficient (Wildman–Crippen LogP) is 3.66. The SMILES string of the molecule is CCSc1nnc(NC(=O)CN2CCC(c3nnc(-c4ccc(F)cc4)o3)CC2)s1. The van der Waals surface area contributed by atoms with Crippen molar-refractivity contribution in [3.63, 3.8) is 0 Å². The van der Waals surface area contributed by atoms with Crippen molar-refractivity contribution in [2.24, 2.45) is 0 Å². The van der Waals surface area contributed by atoms with E-state index in [1.807, 2.05) is 6.92 Å². The van der Waals surface area contributed by atoms with Crippen molar-refractivity contribution in [1.29, 1.82) is 0 Å². The number of piperidine rings is 1. The van der Waals surface area contributed by atoms with Crippen LogP contribution >= 0.6 is 23.1 Å². The molecule has 3 aromatic rings. The van der Waals surface area contributed by atoms with Gasteiger partial charge in [-0.15, -0.1) is 20.4 Å². The van der Waals surface area contributed by atoms with E-state index in [4.69, 9.17) is 4.42 Å². The number of hydrogen-bond acceptors (Lipinski definition) is 9. The minimum absolute atomic E-state index is 0.0889. The summed E-state index contributed by atoms with van der Waals surface area (Å²) in [4.78, 5) is 14.4. The summed E-state index contributed by atoms with van der Waals surface area (Å²) in [6, 6.07) is 5.98. The molecule has 4 rings (SSSR count). The summed E-state index contributed by atoms with van der Waals surface area (Å²) >= 11 is 2.99. The van der Waals surface area contributed by atoms with Gasteiger partial charge in [0.2, 0.25) is 22.8 Å². The molecule has 1 saturated heterocycles. The van der Waals surface area contributed by atoms with E-state index in [0.29, 0.717) is 29.0 Å². The van der Waals surface area contributed by atoms with E-state index in [9.17, 15) is 9.18 Å². The number of carbonyl (C=O) groups is 1. The van der Waals surface area contributed by atoms with Crippen LogP contribution in [0.5, 0.6) is 0 Å². The third kappa shape index (κ3) is 5.21. The summed E-state index contributed by atoms with van der Waals surface area (Å²) in [5.41, 5.74) is 0.696. The third-order valence-electron chi connectivity index (χ3n) is 4.76. The molecule has 1 aromatic carbocycles. The smallest absolute Gasteiger partial charge is 0.247 e. The molecule has 0 unspecified atom stereocenters. The lowest BCUT2D eigenvalue weighted by atomic mass is 9.97. The molecular formula is C19H21FN6O2S2. The monoisotopic (exact) mass is 448 g/mol. The maximum atomic E-state index is 13.1. The summed E-state index contributed by atoms with van der Waals surface area (Å²) in [7, 11) is 0. The van der Waals surface area contributed by atoms with E-state index in [1.54, 1.807) is 23.9 Å². The van der Waals surface area contributed by atoms with Gasteiger partial charge in [0, 0.05) is 11.5 Å². The molecule has 1 aliphatic rings. The highest BCUT2D eigenvalue weighted by Crippen LogP contribution is 2.29. The van der Waals surface area contributed by atoms with Crippen LogP contribution in [0.1, 0.15) is 31.6 Å². The van der Waals surface area contributed by atoms with E-state index in [-0.39, 0.29) is 17.6 Å². The Bertz CT molecular complexity index is 985. The minimum atomic E-state index is -0.304. The average Bonchev–Trinajstić information content (AvgIpc) is 3.39. The molecule has 0 bridgehead atoms. The van der Waals surface area contributed by atoms with Crippen molar-refractivity contribution in [3.8, 4) is 11.5 Å². The Morgan fingerprint density at radius 3 is 2.73 bits per heavy atom. The lowest BCUT2D eigenvalue weighted by Gasteiger charge is -2.29. The molecule has 0 atom stereocenters. The fourth-order valence-electron chi connectivity index (χ4n) is 3.25. The first-order valence-corrected chi connectivity index (χ1v) is 11.5. The summed E-state index contributed by atoms with van der Waals surface area (Å²) in [5, 5.41) is 19.7. The second-order valence-electron chi connectivity index (χ2n) is 6.86. The molecule has 2 aromatic heterocycles. The number of carbonyl (C=O) groups excluding carboxylic acids is 1. The van der Waals surface area contributed by atoms with E-state index in [0.717, 1.165) is 36.0 Å². The van der Waals surface area contributed by atoms with Crippen LogP contribution in [0.2, 0.25) is 0 Å². The zero-order valence-corrected chi connectivity index (χ0v) is 18.0. The summed E-state index contributed by atoms with van der Waals surface area (Å²) in [5.74, 6) is 1.67. The van der Waals surface area contributed by atoms with Crippen LogP contribution in [-0.2, 0) is 4.79 Å². The molecule has 11 heteroatoms. The van der Waals surface area contributed by atoms with E-state index < -0.39 is 0 Å². The number of halogens is 1. The highest BCUT2D eigenvalue weighted by atomic mass is 32.2. The number of thioether (sulfide) groups is 1. The first-order chi connectivity index (χ1) is 14.6. The Kier molecular flexibility index (Phi) is 6.70. The molecule has 0 spiro atoms. The number of hydrogen-bond donors (Lipinski definition) is 1. The molecular weight excluding hydrogens is 427 g/mol. The minimum Gasteiger partial charge on any atom is -0.420 e. The molecule has 1 N–H and O–H groups in total. The Labute approximate surface area is 181 Å². The molecule has 0 saturated carbocycles.